The van der Waals surface area contributed by atoms with Crippen LogP contribution < -0.4 is 10.9 Å². The summed E-state index contributed by atoms with van der Waals surface area (Å²) >= 11 is 0. The Kier molecular flexibility index (Phi) is 5.53. The van der Waals surface area contributed by atoms with Gasteiger partial charge in [0.15, 0.2) is 11.8 Å². The van der Waals surface area contributed by atoms with Crippen LogP contribution in [0.5, 0.6) is 0 Å². The first-order chi connectivity index (χ1) is 13.4. The maximum Gasteiger partial charge on any atom is 0.360 e. The number of aromatic nitrogens is 4. The number of carbonyl (C=O) groups excluding carboxylic acids is 2. The standard InChI is InChI=1S/C19H21N5O4/c1-4-11(2)24-15(9-10-20-24)21-17(25)12(3)28-19(27)16-13-7-5-6-8-14(13)18(26)23-22-16/h5-12H,4H2,1-3H3,(H,21,25)(H,23,26)/t11-,12+/m1/s1. The maximum absolute atomic E-state index is 12.5. The van der Waals surface area contributed by atoms with Crippen LogP contribution >= 0.6 is 0 Å². The predicted octanol–water partition coefficient (Wildman–Crippen LogP) is 2.27. The van der Waals surface area contributed by atoms with Crippen molar-refractivity contribution in [3.05, 3.63) is 52.6 Å². The van der Waals surface area contributed by atoms with Crippen molar-refractivity contribution in [2.75, 3.05) is 5.32 Å². The summed E-state index contributed by atoms with van der Waals surface area (Å²) in [6.45, 7) is 5.47. The number of nitrogens with zero attached hydrogens (tertiary/aromatic N) is 3. The Morgan fingerprint density at radius 3 is 2.64 bits per heavy atom. The average Bonchev–Trinajstić information content (AvgIpc) is 3.15. The first kappa shape index (κ1) is 19.3. The lowest BCUT2D eigenvalue weighted by Crippen LogP contribution is -2.31. The van der Waals surface area contributed by atoms with Crippen LogP contribution in [0, 0.1) is 0 Å². The molecule has 3 aromatic rings. The second-order valence-corrected chi connectivity index (χ2v) is 6.40. The third kappa shape index (κ3) is 3.78. The van der Waals surface area contributed by atoms with Crippen LogP contribution in [0.2, 0.25) is 0 Å². The predicted molar refractivity (Wildman–Crippen MR) is 103 cm³/mol. The molecule has 0 aliphatic heterocycles. The van der Waals surface area contributed by atoms with Crippen molar-refractivity contribution in [3.63, 3.8) is 0 Å². The quantitative estimate of drug-likeness (QED) is 0.630. The molecule has 2 heterocycles. The van der Waals surface area contributed by atoms with E-state index < -0.39 is 23.5 Å². The Morgan fingerprint density at radius 1 is 1.21 bits per heavy atom. The molecule has 0 aliphatic rings. The zero-order valence-electron chi connectivity index (χ0n) is 15.8. The van der Waals surface area contributed by atoms with Crippen molar-refractivity contribution in [1.29, 1.82) is 0 Å². The number of fused-ring (bicyclic) bond motifs is 1. The summed E-state index contributed by atoms with van der Waals surface area (Å²) in [4.78, 5) is 36.8. The Morgan fingerprint density at radius 2 is 1.93 bits per heavy atom. The molecule has 0 radical (unpaired) electrons. The summed E-state index contributed by atoms with van der Waals surface area (Å²) in [7, 11) is 0. The number of esters is 1. The van der Waals surface area contributed by atoms with Crippen LogP contribution in [0.4, 0.5) is 5.82 Å². The molecule has 0 bridgehead atoms. The van der Waals surface area contributed by atoms with Gasteiger partial charge in [-0.2, -0.15) is 10.2 Å². The number of H-pyrrole nitrogens is 1. The molecule has 0 fully saturated rings. The summed E-state index contributed by atoms with van der Waals surface area (Å²) in [6.07, 6.45) is 1.37. The SMILES string of the molecule is CC[C@@H](C)n1nccc1NC(=O)[C@H](C)OC(=O)c1n[nH]c(=O)c2ccccc12. The third-order valence-corrected chi connectivity index (χ3v) is 4.47. The first-order valence-electron chi connectivity index (χ1n) is 8.95. The molecule has 9 heteroatoms. The van der Waals surface area contributed by atoms with Gasteiger partial charge in [0.1, 0.15) is 5.82 Å². The summed E-state index contributed by atoms with van der Waals surface area (Å²) in [5.74, 6) is -0.771. The van der Waals surface area contributed by atoms with Crippen molar-refractivity contribution in [2.45, 2.75) is 39.3 Å². The van der Waals surface area contributed by atoms with Gasteiger partial charge < -0.3 is 10.1 Å². The number of hydrogen-bond acceptors (Lipinski definition) is 6. The van der Waals surface area contributed by atoms with Gasteiger partial charge >= 0.3 is 5.97 Å². The minimum Gasteiger partial charge on any atom is -0.448 e. The smallest absolute Gasteiger partial charge is 0.360 e. The Balaban J connectivity index is 1.75. The molecular weight excluding hydrogens is 362 g/mol. The lowest BCUT2D eigenvalue weighted by molar-refractivity contribution is -0.123. The highest BCUT2D eigenvalue weighted by atomic mass is 16.5. The van der Waals surface area contributed by atoms with Crippen LogP contribution in [0.1, 0.15) is 43.7 Å². The molecule has 2 N–H and O–H groups in total. The molecule has 2 atom stereocenters. The zero-order valence-corrected chi connectivity index (χ0v) is 15.8. The Bertz CT molecular complexity index is 1070. The van der Waals surface area contributed by atoms with Crippen molar-refractivity contribution >= 4 is 28.5 Å². The Hall–Kier alpha value is -3.49. The minimum absolute atomic E-state index is 0.0560. The van der Waals surface area contributed by atoms with Crippen molar-refractivity contribution in [1.82, 2.24) is 20.0 Å². The van der Waals surface area contributed by atoms with E-state index in [1.165, 1.54) is 6.92 Å². The van der Waals surface area contributed by atoms with Crippen LogP contribution in [-0.2, 0) is 9.53 Å². The van der Waals surface area contributed by atoms with Gasteiger partial charge in [0, 0.05) is 11.5 Å². The van der Waals surface area contributed by atoms with E-state index in [1.807, 2.05) is 13.8 Å². The minimum atomic E-state index is -1.07. The van der Waals surface area contributed by atoms with Crippen LogP contribution in [0.3, 0.4) is 0 Å². The van der Waals surface area contributed by atoms with E-state index >= 15 is 0 Å². The van der Waals surface area contributed by atoms with Crippen LogP contribution in [0.15, 0.2) is 41.3 Å². The Labute approximate surface area is 160 Å². The second-order valence-electron chi connectivity index (χ2n) is 6.40. The van der Waals surface area contributed by atoms with Gasteiger partial charge in [0.2, 0.25) is 0 Å². The number of rotatable bonds is 6. The molecule has 0 saturated carbocycles. The van der Waals surface area contributed by atoms with E-state index in [-0.39, 0.29) is 11.7 Å². The topological polar surface area (TPSA) is 119 Å². The van der Waals surface area contributed by atoms with E-state index in [0.717, 1.165) is 6.42 Å². The maximum atomic E-state index is 12.5. The third-order valence-electron chi connectivity index (χ3n) is 4.47. The molecule has 1 aromatic carbocycles. The van der Waals surface area contributed by atoms with Crippen molar-refractivity contribution < 1.29 is 14.3 Å². The van der Waals surface area contributed by atoms with E-state index in [0.29, 0.717) is 16.6 Å². The fourth-order valence-electron chi connectivity index (χ4n) is 2.71. The van der Waals surface area contributed by atoms with E-state index in [9.17, 15) is 14.4 Å². The van der Waals surface area contributed by atoms with Crippen molar-refractivity contribution in [2.24, 2.45) is 0 Å². The van der Waals surface area contributed by atoms with Gasteiger partial charge in [-0.1, -0.05) is 25.1 Å². The second kappa shape index (κ2) is 8.03. The number of hydrogen-bond donors (Lipinski definition) is 2. The van der Waals surface area contributed by atoms with Gasteiger partial charge in [0.25, 0.3) is 11.5 Å². The normalized spacial score (nSPS) is 13.1. The fourth-order valence-corrected chi connectivity index (χ4v) is 2.71. The molecule has 28 heavy (non-hydrogen) atoms. The zero-order chi connectivity index (χ0) is 20.3. The molecule has 0 unspecified atom stereocenters. The number of carbonyl (C=O) groups is 2. The van der Waals surface area contributed by atoms with Crippen LogP contribution in [-0.4, -0.2) is 38.0 Å². The number of nitrogens with one attached hydrogen (secondary N) is 2. The van der Waals surface area contributed by atoms with E-state index in [4.69, 9.17) is 4.74 Å². The molecular formula is C19H21N5O4. The largest absolute Gasteiger partial charge is 0.448 e. The van der Waals surface area contributed by atoms with E-state index in [2.05, 4.69) is 20.6 Å². The van der Waals surface area contributed by atoms with Gasteiger partial charge in [-0.25, -0.2) is 14.6 Å². The number of aromatic amines is 1. The molecule has 2 aromatic heterocycles. The molecule has 0 saturated heterocycles. The molecule has 0 aliphatic carbocycles. The lowest BCUT2D eigenvalue weighted by atomic mass is 10.1. The highest BCUT2D eigenvalue weighted by Gasteiger charge is 2.23. The van der Waals surface area contributed by atoms with Gasteiger partial charge in [-0.15, -0.1) is 0 Å². The number of amides is 1. The fraction of sp³-hybridized carbons (Fsp3) is 0.316. The van der Waals surface area contributed by atoms with Gasteiger partial charge in [-0.3, -0.25) is 9.59 Å². The number of ether oxygens (including phenoxy) is 1. The molecule has 1 amide bonds. The van der Waals surface area contributed by atoms with Crippen LogP contribution in [0.25, 0.3) is 10.8 Å². The highest BCUT2D eigenvalue weighted by Crippen LogP contribution is 2.17. The summed E-state index contributed by atoms with van der Waals surface area (Å²) in [5, 5.41) is 13.6. The summed E-state index contributed by atoms with van der Waals surface area (Å²) in [6, 6.07) is 8.34. The molecule has 0 spiro atoms. The van der Waals surface area contributed by atoms with E-state index in [1.54, 1.807) is 41.2 Å². The first-order valence-corrected chi connectivity index (χ1v) is 8.95. The van der Waals surface area contributed by atoms with Gasteiger partial charge in [0.05, 0.1) is 17.6 Å². The number of benzene rings is 1. The summed E-state index contributed by atoms with van der Waals surface area (Å²) < 4.78 is 6.95. The van der Waals surface area contributed by atoms with Crippen molar-refractivity contribution in [3.8, 4) is 0 Å². The average molecular weight is 383 g/mol. The number of anilines is 1. The van der Waals surface area contributed by atoms with Gasteiger partial charge in [-0.05, 0) is 26.3 Å². The lowest BCUT2D eigenvalue weighted by Gasteiger charge is -2.17. The monoisotopic (exact) mass is 383 g/mol. The molecule has 3 rings (SSSR count). The molecule has 146 valence electrons. The highest BCUT2D eigenvalue weighted by molar-refractivity contribution is 6.03. The molecule has 9 nitrogen and oxygen atoms in total. The summed E-state index contributed by atoms with van der Waals surface area (Å²) in [5.41, 5.74) is -0.462.